The highest BCUT2D eigenvalue weighted by atomic mass is 14.9. The molecule has 0 atom stereocenters. The van der Waals surface area contributed by atoms with Gasteiger partial charge in [0.15, 0.2) is 0 Å². The Bertz CT molecular complexity index is 310. The van der Waals surface area contributed by atoms with Crippen LogP contribution in [0.25, 0.3) is 6.08 Å². The van der Waals surface area contributed by atoms with Crippen molar-refractivity contribution in [2.24, 2.45) is 0 Å². The monoisotopic (exact) mass is 177 g/mol. The van der Waals surface area contributed by atoms with Crippen LogP contribution in [0.3, 0.4) is 0 Å². The molecule has 1 heterocycles. The van der Waals surface area contributed by atoms with Crippen molar-refractivity contribution in [3.05, 3.63) is 23.8 Å². The second-order valence-corrected chi connectivity index (χ2v) is 3.06. The number of allylic oxidation sites excluding steroid dienone is 1. The van der Waals surface area contributed by atoms with Crippen LogP contribution in [0.4, 0.5) is 0 Å². The Morgan fingerprint density at radius 2 is 2.46 bits per heavy atom. The zero-order chi connectivity index (χ0) is 9.68. The minimum Gasteiger partial charge on any atom is -0.342 e. The molecule has 3 heteroatoms. The predicted octanol–water partition coefficient (Wildman–Crippen LogP) is 2.42. The van der Waals surface area contributed by atoms with E-state index >= 15 is 0 Å². The third-order valence-corrected chi connectivity index (χ3v) is 1.66. The molecule has 0 aliphatic rings. The summed E-state index contributed by atoms with van der Waals surface area (Å²) in [5.41, 5.74) is 1.69. The van der Waals surface area contributed by atoms with Crippen molar-refractivity contribution < 1.29 is 0 Å². The van der Waals surface area contributed by atoms with E-state index in [4.69, 9.17) is 5.41 Å². The molecular weight excluding hydrogens is 162 g/mol. The molecule has 0 aromatic carbocycles. The molecule has 13 heavy (non-hydrogen) atoms. The van der Waals surface area contributed by atoms with Crippen molar-refractivity contribution in [3.63, 3.8) is 0 Å². The second-order valence-electron chi connectivity index (χ2n) is 3.06. The summed E-state index contributed by atoms with van der Waals surface area (Å²) < 4.78 is 0. The van der Waals surface area contributed by atoms with Gasteiger partial charge in [-0.15, -0.1) is 0 Å². The van der Waals surface area contributed by atoms with Crippen LogP contribution in [0.15, 0.2) is 12.3 Å². The maximum atomic E-state index is 7.20. The van der Waals surface area contributed by atoms with Crippen LogP contribution in [0.2, 0.25) is 0 Å². The van der Waals surface area contributed by atoms with Crippen LogP contribution in [-0.4, -0.2) is 15.7 Å². The fraction of sp³-hybridized carbons (Fsp3) is 0.400. The normalized spacial score (nSPS) is 10.9. The average Bonchev–Trinajstić information content (AvgIpc) is 2.50. The first-order valence-corrected chi connectivity index (χ1v) is 4.49. The van der Waals surface area contributed by atoms with E-state index < -0.39 is 0 Å². The van der Waals surface area contributed by atoms with Gasteiger partial charge in [-0.1, -0.05) is 13.3 Å². The fourth-order valence-corrected chi connectivity index (χ4v) is 1.06. The lowest BCUT2D eigenvalue weighted by atomic mass is 10.3. The minimum absolute atomic E-state index is 0.536. The van der Waals surface area contributed by atoms with E-state index in [2.05, 4.69) is 16.9 Å². The van der Waals surface area contributed by atoms with Gasteiger partial charge in [-0.3, -0.25) is 0 Å². The van der Waals surface area contributed by atoms with Crippen LogP contribution in [0.5, 0.6) is 0 Å². The van der Waals surface area contributed by atoms with Gasteiger partial charge in [0.25, 0.3) is 0 Å². The third kappa shape index (κ3) is 3.23. The lowest BCUT2D eigenvalue weighted by molar-refractivity contribution is 0.891. The first kappa shape index (κ1) is 9.71. The lowest BCUT2D eigenvalue weighted by Crippen LogP contribution is -1.83. The second kappa shape index (κ2) is 4.60. The first-order chi connectivity index (χ1) is 6.22. The quantitative estimate of drug-likeness (QED) is 0.682. The Morgan fingerprint density at radius 1 is 1.69 bits per heavy atom. The Kier molecular flexibility index (Phi) is 3.43. The molecule has 0 fully saturated rings. The van der Waals surface area contributed by atoms with Crippen LogP contribution >= 0.6 is 0 Å². The molecular formula is C10H15N3. The van der Waals surface area contributed by atoms with Crippen molar-refractivity contribution in [1.82, 2.24) is 9.97 Å². The van der Waals surface area contributed by atoms with Gasteiger partial charge in [-0.2, -0.15) is 0 Å². The Hall–Kier alpha value is -1.38. The van der Waals surface area contributed by atoms with Gasteiger partial charge in [-0.05, 0) is 25.5 Å². The largest absolute Gasteiger partial charge is 0.342 e. The molecule has 0 spiro atoms. The van der Waals surface area contributed by atoms with Crippen molar-refractivity contribution >= 4 is 11.8 Å². The average molecular weight is 177 g/mol. The molecule has 0 bridgehead atoms. The van der Waals surface area contributed by atoms with E-state index in [1.54, 1.807) is 13.0 Å². The summed E-state index contributed by atoms with van der Waals surface area (Å²) in [6, 6.07) is 0. The topological polar surface area (TPSA) is 52.5 Å². The van der Waals surface area contributed by atoms with Gasteiger partial charge in [0, 0.05) is 17.6 Å². The minimum atomic E-state index is 0.536. The van der Waals surface area contributed by atoms with Crippen LogP contribution in [0.1, 0.15) is 31.8 Å². The zero-order valence-corrected chi connectivity index (χ0v) is 8.09. The summed E-state index contributed by atoms with van der Waals surface area (Å²) in [5.74, 6) is 0.829. The van der Waals surface area contributed by atoms with E-state index in [-0.39, 0.29) is 0 Å². The number of aryl methyl sites for hydroxylation is 1. The van der Waals surface area contributed by atoms with E-state index in [1.165, 1.54) is 0 Å². The van der Waals surface area contributed by atoms with Crippen LogP contribution in [0, 0.1) is 5.41 Å². The molecule has 0 amide bonds. The van der Waals surface area contributed by atoms with Crippen molar-refractivity contribution in [2.45, 2.75) is 26.7 Å². The summed E-state index contributed by atoms with van der Waals surface area (Å²) >= 11 is 0. The van der Waals surface area contributed by atoms with Crippen LogP contribution < -0.4 is 0 Å². The molecule has 0 aliphatic carbocycles. The summed E-state index contributed by atoms with van der Waals surface area (Å²) in [6.45, 7) is 3.88. The Labute approximate surface area is 78.4 Å². The highest BCUT2D eigenvalue weighted by molar-refractivity contribution is 5.93. The van der Waals surface area contributed by atoms with E-state index in [9.17, 15) is 0 Å². The van der Waals surface area contributed by atoms with Gasteiger partial charge < -0.3 is 10.4 Å². The number of aromatic nitrogens is 2. The first-order valence-electron chi connectivity index (χ1n) is 4.49. The standard InChI is InChI=1S/C10H15N3/c1-3-4-9-7-12-10(13-9)6-5-8(2)11/h5-7,11H,3-4H2,1-2H3,(H,12,13)/b6-5-,11-8?. The fourth-order valence-electron chi connectivity index (χ4n) is 1.06. The number of hydrogen-bond acceptors (Lipinski definition) is 2. The SMILES string of the molecule is CCCc1cnc(/C=C\C(C)=N)[nH]1. The van der Waals surface area contributed by atoms with Gasteiger partial charge >= 0.3 is 0 Å². The molecule has 1 rings (SSSR count). The summed E-state index contributed by atoms with van der Waals surface area (Å²) in [4.78, 5) is 7.34. The summed E-state index contributed by atoms with van der Waals surface area (Å²) in [6.07, 6.45) is 7.55. The number of rotatable bonds is 4. The number of imidazole rings is 1. The van der Waals surface area contributed by atoms with E-state index in [0.29, 0.717) is 5.71 Å². The molecule has 0 aliphatic heterocycles. The molecule has 70 valence electrons. The van der Waals surface area contributed by atoms with E-state index in [1.807, 2.05) is 12.3 Å². The summed E-state index contributed by atoms with van der Waals surface area (Å²) in [5, 5.41) is 7.20. The molecule has 0 radical (unpaired) electrons. The number of nitrogens with one attached hydrogen (secondary N) is 2. The van der Waals surface area contributed by atoms with Gasteiger partial charge in [-0.25, -0.2) is 4.98 Å². The number of nitrogens with zero attached hydrogens (tertiary/aromatic N) is 1. The number of hydrogen-bond donors (Lipinski definition) is 2. The smallest absolute Gasteiger partial charge is 0.130 e. The zero-order valence-electron chi connectivity index (χ0n) is 8.09. The van der Waals surface area contributed by atoms with Crippen molar-refractivity contribution in [1.29, 1.82) is 5.41 Å². The summed E-state index contributed by atoms with van der Waals surface area (Å²) in [7, 11) is 0. The van der Waals surface area contributed by atoms with Crippen LogP contribution in [-0.2, 0) is 6.42 Å². The maximum absolute atomic E-state index is 7.20. The number of H-pyrrole nitrogens is 1. The van der Waals surface area contributed by atoms with E-state index in [0.717, 1.165) is 24.4 Å². The molecule has 1 aromatic rings. The molecule has 3 nitrogen and oxygen atoms in total. The number of aromatic amines is 1. The van der Waals surface area contributed by atoms with Crippen molar-refractivity contribution in [2.75, 3.05) is 0 Å². The van der Waals surface area contributed by atoms with Gasteiger partial charge in [0.05, 0.1) is 0 Å². The third-order valence-electron chi connectivity index (χ3n) is 1.66. The Morgan fingerprint density at radius 3 is 3.08 bits per heavy atom. The van der Waals surface area contributed by atoms with Crippen molar-refractivity contribution in [3.8, 4) is 0 Å². The predicted molar refractivity (Wildman–Crippen MR) is 55.0 cm³/mol. The molecule has 0 unspecified atom stereocenters. The maximum Gasteiger partial charge on any atom is 0.130 e. The highest BCUT2D eigenvalue weighted by Gasteiger charge is 1.95. The Balaban J connectivity index is 2.63. The molecule has 0 saturated carbocycles. The molecule has 1 aromatic heterocycles. The highest BCUT2D eigenvalue weighted by Crippen LogP contribution is 2.01. The lowest BCUT2D eigenvalue weighted by Gasteiger charge is -1.89. The molecule has 0 saturated heterocycles. The van der Waals surface area contributed by atoms with Gasteiger partial charge in [0.2, 0.25) is 0 Å². The van der Waals surface area contributed by atoms with Gasteiger partial charge in [0.1, 0.15) is 5.82 Å². The molecule has 2 N–H and O–H groups in total.